The first-order valence-electron chi connectivity index (χ1n) is 5.58. The van der Waals surface area contributed by atoms with E-state index in [1.807, 2.05) is 18.2 Å². The van der Waals surface area contributed by atoms with Gasteiger partial charge in [0.1, 0.15) is 5.75 Å². The van der Waals surface area contributed by atoms with E-state index in [1.54, 1.807) is 30.3 Å². The molecule has 0 aliphatic heterocycles. The first-order chi connectivity index (χ1) is 9.15. The van der Waals surface area contributed by atoms with E-state index in [9.17, 15) is 4.79 Å². The molecule has 0 saturated heterocycles. The van der Waals surface area contributed by atoms with Crippen LogP contribution < -0.4 is 10.1 Å². The molecule has 2 aromatic rings. The highest BCUT2D eigenvalue weighted by Crippen LogP contribution is 2.25. The van der Waals surface area contributed by atoms with Crippen molar-refractivity contribution in [1.29, 1.82) is 0 Å². The van der Waals surface area contributed by atoms with E-state index in [-0.39, 0.29) is 18.0 Å². The summed E-state index contributed by atoms with van der Waals surface area (Å²) in [5.74, 6) is 0.355. The zero-order valence-electron chi connectivity index (χ0n) is 10.4. The highest BCUT2D eigenvalue weighted by atomic mass is 35.5. The van der Waals surface area contributed by atoms with Crippen LogP contribution in [-0.2, 0) is 4.79 Å². The Bertz CT molecular complexity index is 576. The van der Waals surface area contributed by atoms with Gasteiger partial charge in [-0.15, -0.1) is 0 Å². The van der Waals surface area contributed by atoms with Crippen LogP contribution in [0, 0.1) is 0 Å². The molecule has 2 aromatic carbocycles. The number of para-hydroxylation sites is 1. The standard InChI is InChI=1S/C14H11Cl2NO2.H2O/c15-10-6-7-13(12(16)8-10)17-14(18)9-19-11-4-2-1-3-5-11;/h1-8H,9H2,(H,17,18);1H2. The molecule has 0 spiro atoms. The fraction of sp³-hybridized carbons (Fsp3) is 0.0714. The second-order valence-corrected chi connectivity index (χ2v) is 4.62. The SMILES string of the molecule is O.O=C(COc1ccccc1)Nc1ccc(Cl)cc1Cl. The summed E-state index contributed by atoms with van der Waals surface area (Å²) < 4.78 is 5.32. The van der Waals surface area contributed by atoms with Crippen LogP contribution in [0.4, 0.5) is 5.69 Å². The average Bonchev–Trinajstić information content (AvgIpc) is 2.41. The number of carbonyl (C=O) groups is 1. The number of carbonyl (C=O) groups excluding carboxylic acids is 1. The summed E-state index contributed by atoms with van der Waals surface area (Å²) in [6.07, 6.45) is 0. The van der Waals surface area contributed by atoms with Gasteiger partial charge >= 0.3 is 0 Å². The maximum Gasteiger partial charge on any atom is 0.262 e. The molecule has 0 aliphatic carbocycles. The molecular formula is C14H13Cl2NO3. The van der Waals surface area contributed by atoms with Crippen LogP contribution in [-0.4, -0.2) is 18.0 Å². The highest BCUT2D eigenvalue weighted by molar-refractivity contribution is 6.36. The molecule has 0 fully saturated rings. The van der Waals surface area contributed by atoms with Crippen molar-refractivity contribution in [1.82, 2.24) is 0 Å². The Hall–Kier alpha value is -1.75. The molecule has 2 rings (SSSR count). The number of halogens is 2. The van der Waals surface area contributed by atoms with Gasteiger partial charge in [0, 0.05) is 5.02 Å². The first-order valence-corrected chi connectivity index (χ1v) is 6.33. The molecule has 0 aliphatic rings. The minimum Gasteiger partial charge on any atom is -0.484 e. The van der Waals surface area contributed by atoms with Crippen LogP contribution in [0.3, 0.4) is 0 Å². The minimum absolute atomic E-state index is 0. The molecular weight excluding hydrogens is 301 g/mol. The number of nitrogens with one attached hydrogen (secondary N) is 1. The van der Waals surface area contributed by atoms with E-state index in [4.69, 9.17) is 27.9 Å². The van der Waals surface area contributed by atoms with Crippen LogP contribution in [0.5, 0.6) is 5.75 Å². The van der Waals surface area contributed by atoms with Crippen molar-refractivity contribution in [2.24, 2.45) is 0 Å². The van der Waals surface area contributed by atoms with E-state index in [2.05, 4.69) is 5.32 Å². The van der Waals surface area contributed by atoms with Crippen molar-refractivity contribution >= 4 is 34.8 Å². The number of ether oxygens (including phenoxy) is 1. The Morgan fingerprint density at radius 2 is 1.80 bits per heavy atom. The van der Waals surface area contributed by atoms with Gasteiger partial charge in [-0.2, -0.15) is 0 Å². The topological polar surface area (TPSA) is 69.8 Å². The summed E-state index contributed by atoms with van der Waals surface area (Å²) in [7, 11) is 0. The van der Waals surface area contributed by atoms with Gasteiger partial charge < -0.3 is 15.5 Å². The largest absolute Gasteiger partial charge is 0.484 e. The van der Waals surface area contributed by atoms with Crippen molar-refractivity contribution in [3.8, 4) is 5.75 Å². The summed E-state index contributed by atoms with van der Waals surface area (Å²) >= 11 is 11.7. The number of hydrogen-bond donors (Lipinski definition) is 1. The van der Waals surface area contributed by atoms with E-state index in [0.29, 0.717) is 21.5 Å². The van der Waals surface area contributed by atoms with Crippen LogP contribution in [0.1, 0.15) is 0 Å². The Morgan fingerprint density at radius 3 is 2.45 bits per heavy atom. The molecule has 6 heteroatoms. The fourth-order valence-corrected chi connectivity index (χ4v) is 1.90. The van der Waals surface area contributed by atoms with Crippen LogP contribution >= 0.6 is 23.2 Å². The first kappa shape index (κ1) is 16.3. The lowest BCUT2D eigenvalue weighted by atomic mass is 10.3. The Balaban J connectivity index is 0.00000200. The summed E-state index contributed by atoms with van der Waals surface area (Å²) in [5, 5.41) is 3.56. The van der Waals surface area contributed by atoms with Gasteiger partial charge in [0.25, 0.3) is 5.91 Å². The molecule has 3 N–H and O–H groups in total. The molecule has 1 amide bonds. The van der Waals surface area contributed by atoms with E-state index >= 15 is 0 Å². The number of rotatable bonds is 4. The predicted octanol–water partition coefficient (Wildman–Crippen LogP) is 3.19. The van der Waals surface area contributed by atoms with Crippen molar-refractivity contribution in [2.75, 3.05) is 11.9 Å². The second-order valence-electron chi connectivity index (χ2n) is 3.77. The van der Waals surface area contributed by atoms with Gasteiger partial charge in [-0.3, -0.25) is 4.79 Å². The summed E-state index contributed by atoms with van der Waals surface area (Å²) in [6, 6.07) is 14.0. The predicted molar refractivity (Wildman–Crippen MR) is 80.6 cm³/mol. The Labute approximate surface area is 126 Å². The number of benzene rings is 2. The van der Waals surface area contributed by atoms with Gasteiger partial charge in [0.05, 0.1) is 10.7 Å². The van der Waals surface area contributed by atoms with Crippen LogP contribution in [0.2, 0.25) is 10.0 Å². The van der Waals surface area contributed by atoms with Gasteiger partial charge in [-0.1, -0.05) is 41.4 Å². The van der Waals surface area contributed by atoms with Gasteiger partial charge in [0.2, 0.25) is 0 Å². The van der Waals surface area contributed by atoms with Gasteiger partial charge in [0.15, 0.2) is 6.61 Å². The Kier molecular flexibility index (Phi) is 6.31. The van der Waals surface area contributed by atoms with Crippen molar-refractivity contribution in [2.45, 2.75) is 0 Å². The third-order valence-electron chi connectivity index (χ3n) is 2.32. The summed E-state index contributed by atoms with van der Waals surface area (Å²) in [5.41, 5.74) is 0.507. The van der Waals surface area contributed by atoms with Crippen molar-refractivity contribution < 1.29 is 15.0 Å². The van der Waals surface area contributed by atoms with Crippen LogP contribution in [0.25, 0.3) is 0 Å². The smallest absolute Gasteiger partial charge is 0.262 e. The molecule has 0 radical (unpaired) electrons. The van der Waals surface area contributed by atoms with E-state index in [0.717, 1.165) is 0 Å². The second kappa shape index (κ2) is 7.75. The minimum atomic E-state index is -0.284. The normalized spacial score (nSPS) is 9.50. The zero-order chi connectivity index (χ0) is 13.7. The quantitative estimate of drug-likeness (QED) is 0.941. The molecule has 106 valence electrons. The van der Waals surface area contributed by atoms with E-state index in [1.165, 1.54) is 0 Å². The van der Waals surface area contributed by atoms with Crippen molar-refractivity contribution in [3.05, 3.63) is 58.6 Å². The monoisotopic (exact) mass is 313 g/mol. The number of anilines is 1. The molecule has 0 unspecified atom stereocenters. The summed E-state index contributed by atoms with van der Waals surface area (Å²) in [4.78, 5) is 11.7. The lowest BCUT2D eigenvalue weighted by Gasteiger charge is -2.08. The third kappa shape index (κ3) is 4.74. The molecule has 0 atom stereocenters. The average molecular weight is 314 g/mol. The lowest BCUT2D eigenvalue weighted by Crippen LogP contribution is -2.20. The molecule has 20 heavy (non-hydrogen) atoms. The highest BCUT2D eigenvalue weighted by Gasteiger charge is 2.07. The summed E-state index contributed by atoms with van der Waals surface area (Å²) in [6.45, 7) is -0.0804. The lowest BCUT2D eigenvalue weighted by molar-refractivity contribution is -0.118. The zero-order valence-corrected chi connectivity index (χ0v) is 11.9. The number of amides is 1. The van der Waals surface area contributed by atoms with Gasteiger partial charge in [-0.25, -0.2) is 0 Å². The molecule has 0 heterocycles. The fourth-order valence-electron chi connectivity index (χ4n) is 1.44. The molecule has 0 bridgehead atoms. The van der Waals surface area contributed by atoms with Crippen LogP contribution in [0.15, 0.2) is 48.5 Å². The van der Waals surface area contributed by atoms with Crippen molar-refractivity contribution in [3.63, 3.8) is 0 Å². The molecule has 0 saturated carbocycles. The maximum atomic E-state index is 11.7. The molecule has 0 aromatic heterocycles. The Morgan fingerprint density at radius 1 is 1.10 bits per heavy atom. The number of hydrogen-bond acceptors (Lipinski definition) is 2. The van der Waals surface area contributed by atoms with Gasteiger partial charge in [-0.05, 0) is 30.3 Å². The molecule has 4 nitrogen and oxygen atoms in total. The third-order valence-corrected chi connectivity index (χ3v) is 2.87. The maximum absolute atomic E-state index is 11.7. The van der Waals surface area contributed by atoms with E-state index < -0.39 is 0 Å².